The highest BCUT2D eigenvalue weighted by Crippen LogP contribution is 2.18. The highest BCUT2D eigenvalue weighted by molar-refractivity contribution is 5.83. The number of anilines is 2. The van der Waals surface area contributed by atoms with Gasteiger partial charge in [-0.05, 0) is 57.0 Å². The molecule has 0 saturated carbocycles. The molecule has 0 radical (unpaired) electrons. The molecule has 0 aliphatic heterocycles. The van der Waals surface area contributed by atoms with E-state index in [1.54, 1.807) is 6.21 Å². The quantitative estimate of drug-likeness (QED) is 0.617. The SMILES string of the molecule is CCN(CCC#N)c1ccc(/C=N\Nc2nc(C)cc(C)n2)c(C)c1. The summed E-state index contributed by atoms with van der Waals surface area (Å²) in [4.78, 5) is 10.8. The summed E-state index contributed by atoms with van der Waals surface area (Å²) < 4.78 is 0. The van der Waals surface area contributed by atoms with Crippen LogP contribution in [0, 0.1) is 32.1 Å². The lowest BCUT2D eigenvalue weighted by Gasteiger charge is -2.22. The van der Waals surface area contributed by atoms with E-state index >= 15 is 0 Å². The monoisotopic (exact) mass is 336 g/mol. The summed E-state index contributed by atoms with van der Waals surface area (Å²) in [5.41, 5.74) is 7.96. The molecule has 2 aromatic rings. The molecule has 0 aliphatic rings. The maximum atomic E-state index is 8.77. The van der Waals surface area contributed by atoms with Crippen LogP contribution in [-0.2, 0) is 0 Å². The van der Waals surface area contributed by atoms with Gasteiger partial charge in [0.15, 0.2) is 0 Å². The van der Waals surface area contributed by atoms with E-state index in [9.17, 15) is 0 Å². The molecule has 6 nitrogen and oxygen atoms in total. The lowest BCUT2D eigenvalue weighted by Crippen LogP contribution is -2.23. The van der Waals surface area contributed by atoms with E-state index in [-0.39, 0.29) is 0 Å². The second-order valence-corrected chi connectivity index (χ2v) is 5.87. The zero-order valence-electron chi connectivity index (χ0n) is 15.2. The Morgan fingerprint density at radius 3 is 2.52 bits per heavy atom. The number of benzene rings is 1. The number of nitrogens with zero attached hydrogens (tertiary/aromatic N) is 5. The van der Waals surface area contributed by atoms with Crippen LogP contribution in [0.2, 0.25) is 0 Å². The van der Waals surface area contributed by atoms with E-state index in [2.05, 4.69) is 57.4 Å². The van der Waals surface area contributed by atoms with Gasteiger partial charge in [0, 0.05) is 30.2 Å². The molecule has 0 atom stereocenters. The number of hydrogen-bond donors (Lipinski definition) is 1. The van der Waals surface area contributed by atoms with Crippen LogP contribution in [0.4, 0.5) is 11.6 Å². The summed E-state index contributed by atoms with van der Waals surface area (Å²) in [6.45, 7) is 9.62. The van der Waals surface area contributed by atoms with Crippen LogP contribution >= 0.6 is 0 Å². The number of nitrogens with one attached hydrogen (secondary N) is 1. The van der Waals surface area contributed by atoms with Crippen molar-refractivity contribution < 1.29 is 0 Å². The van der Waals surface area contributed by atoms with Gasteiger partial charge < -0.3 is 4.90 Å². The van der Waals surface area contributed by atoms with Crippen molar-refractivity contribution in [3.05, 3.63) is 46.8 Å². The highest BCUT2D eigenvalue weighted by atomic mass is 15.3. The van der Waals surface area contributed by atoms with Crippen molar-refractivity contribution in [3.8, 4) is 6.07 Å². The van der Waals surface area contributed by atoms with Gasteiger partial charge in [0.2, 0.25) is 5.95 Å². The van der Waals surface area contributed by atoms with Crippen LogP contribution in [-0.4, -0.2) is 29.3 Å². The molecule has 0 unspecified atom stereocenters. The number of hydrazone groups is 1. The first kappa shape index (κ1) is 18.4. The van der Waals surface area contributed by atoms with Crippen molar-refractivity contribution in [2.75, 3.05) is 23.4 Å². The Balaban J connectivity index is 2.08. The molecule has 1 N–H and O–H groups in total. The molecule has 25 heavy (non-hydrogen) atoms. The molecule has 6 heteroatoms. The molecule has 0 spiro atoms. The third-order valence-electron chi connectivity index (χ3n) is 3.84. The minimum atomic E-state index is 0.497. The molecule has 0 saturated heterocycles. The Morgan fingerprint density at radius 2 is 1.92 bits per heavy atom. The molecule has 2 rings (SSSR count). The molecule has 1 aromatic carbocycles. The second-order valence-electron chi connectivity index (χ2n) is 5.87. The van der Waals surface area contributed by atoms with Crippen LogP contribution in [0.15, 0.2) is 29.4 Å². The van der Waals surface area contributed by atoms with Crippen molar-refractivity contribution in [1.29, 1.82) is 5.26 Å². The van der Waals surface area contributed by atoms with Crippen molar-refractivity contribution in [2.45, 2.75) is 34.1 Å². The first-order valence-electron chi connectivity index (χ1n) is 8.37. The number of aryl methyl sites for hydroxylation is 3. The van der Waals surface area contributed by atoms with Gasteiger partial charge in [0.25, 0.3) is 0 Å². The Bertz CT molecular complexity index is 771. The maximum absolute atomic E-state index is 8.77. The molecule has 0 bridgehead atoms. The van der Waals surface area contributed by atoms with Gasteiger partial charge in [0.05, 0.1) is 18.7 Å². The molecule has 0 aliphatic carbocycles. The molecular weight excluding hydrogens is 312 g/mol. The summed E-state index contributed by atoms with van der Waals surface area (Å²) >= 11 is 0. The highest BCUT2D eigenvalue weighted by Gasteiger charge is 2.06. The predicted octanol–water partition coefficient (Wildman–Crippen LogP) is 3.59. The summed E-state index contributed by atoms with van der Waals surface area (Å²) in [5, 5.41) is 13.0. The Kier molecular flexibility index (Phi) is 6.47. The first-order valence-corrected chi connectivity index (χ1v) is 8.37. The van der Waals surface area contributed by atoms with Gasteiger partial charge in [-0.1, -0.05) is 6.07 Å². The van der Waals surface area contributed by atoms with Crippen LogP contribution in [0.5, 0.6) is 0 Å². The van der Waals surface area contributed by atoms with Gasteiger partial charge >= 0.3 is 0 Å². The second kappa shape index (κ2) is 8.78. The van der Waals surface area contributed by atoms with Gasteiger partial charge in [-0.15, -0.1) is 0 Å². The largest absolute Gasteiger partial charge is 0.371 e. The van der Waals surface area contributed by atoms with E-state index in [1.807, 2.05) is 26.0 Å². The smallest absolute Gasteiger partial charge is 0.243 e. The lowest BCUT2D eigenvalue weighted by molar-refractivity contribution is 0.826. The fourth-order valence-electron chi connectivity index (χ4n) is 2.59. The molecule has 0 fully saturated rings. The molecule has 0 amide bonds. The molecule has 1 aromatic heterocycles. The van der Waals surface area contributed by atoms with Gasteiger partial charge in [-0.25, -0.2) is 15.4 Å². The van der Waals surface area contributed by atoms with Gasteiger partial charge in [-0.3, -0.25) is 0 Å². The van der Waals surface area contributed by atoms with Crippen molar-refractivity contribution in [2.24, 2.45) is 5.10 Å². The maximum Gasteiger partial charge on any atom is 0.243 e. The summed E-state index contributed by atoms with van der Waals surface area (Å²) in [6, 6.07) is 10.3. The normalized spacial score (nSPS) is 10.7. The Hall–Kier alpha value is -2.94. The van der Waals surface area contributed by atoms with Gasteiger partial charge in [0.1, 0.15) is 0 Å². The Labute approximate surface area is 149 Å². The number of hydrogen-bond acceptors (Lipinski definition) is 6. The lowest BCUT2D eigenvalue weighted by atomic mass is 10.1. The zero-order valence-corrected chi connectivity index (χ0v) is 15.2. The van der Waals surface area contributed by atoms with Crippen molar-refractivity contribution in [1.82, 2.24) is 9.97 Å². The Morgan fingerprint density at radius 1 is 1.20 bits per heavy atom. The number of rotatable bonds is 7. The van der Waals surface area contributed by atoms with E-state index in [1.165, 1.54) is 0 Å². The average Bonchev–Trinajstić information content (AvgIpc) is 2.56. The minimum Gasteiger partial charge on any atom is -0.371 e. The van der Waals surface area contributed by atoms with Crippen molar-refractivity contribution in [3.63, 3.8) is 0 Å². The standard InChI is InChI=1S/C19H24N6/c1-5-25(10-6-9-20)18-8-7-17(14(2)11-18)13-21-24-19-22-15(3)12-16(4)23-19/h7-8,11-13H,5-6,10H2,1-4H3,(H,22,23,24)/b21-13-. The van der Waals surface area contributed by atoms with E-state index in [4.69, 9.17) is 5.26 Å². The fourth-order valence-corrected chi connectivity index (χ4v) is 2.59. The van der Waals surface area contributed by atoms with E-state index in [0.29, 0.717) is 12.4 Å². The van der Waals surface area contributed by atoms with Crippen LogP contribution in [0.1, 0.15) is 35.9 Å². The molecule has 1 heterocycles. The van der Waals surface area contributed by atoms with Crippen LogP contribution in [0.25, 0.3) is 0 Å². The predicted molar refractivity (Wildman–Crippen MR) is 102 cm³/mol. The average molecular weight is 336 g/mol. The molecule has 130 valence electrons. The van der Waals surface area contributed by atoms with E-state index in [0.717, 1.165) is 41.3 Å². The van der Waals surface area contributed by atoms with Gasteiger partial charge in [-0.2, -0.15) is 10.4 Å². The van der Waals surface area contributed by atoms with Crippen molar-refractivity contribution >= 4 is 17.9 Å². The van der Waals surface area contributed by atoms with Crippen LogP contribution < -0.4 is 10.3 Å². The van der Waals surface area contributed by atoms with E-state index < -0.39 is 0 Å². The summed E-state index contributed by atoms with van der Waals surface area (Å²) in [5.74, 6) is 0.497. The van der Waals surface area contributed by atoms with Crippen LogP contribution in [0.3, 0.4) is 0 Å². The first-order chi connectivity index (χ1) is 12.0. The topological polar surface area (TPSA) is 77.2 Å². The minimum absolute atomic E-state index is 0.497. The third-order valence-corrected chi connectivity index (χ3v) is 3.84. The zero-order chi connectivity index (χ0) is 18.2. The fraction of sp³-hybridized carbons (Fsp3) is 0.368. The number of nitriles is 1. The summed E-state index contributed by atoms with van der Waals surface area (Å²) in [6.07, 6.45) is 2.29. The third kappa shape index (κ3) is 5.28. The molecular formula is C19H24N6. The summed E-state index contributed by atoms with van der Waals surface area (Å²) in [7, 11) is 0. The number of aromatic nitrogens is 2.